The van der Waals surface area contributed by atoms with E-state index in [1.54, 1.807) is 24.5 Å². The Morgan fingerprint density at radius 2 is 1.90 bits per heavy atom. The zero-order chi connectivity index (χ0) is 13.8. The number of rotatable bonds is 2. The van der Waals surface area contributed by atoms with Gasteiger partial charge in [0.25, 0.3) is 5.91 Å². The van der Waals surface area contributed by atoms with Crippen LogP contribution in [0.25, 0.3) is 0 Å². The van der Waals surface area contributed by atoms with Crippen LogP contribution in [0.1, 0.15) is 55.3 Å². The van der Waals surface area contributed by atoms with Crippen molar-refractivity contribution < 1.29 is 4.79 Å². The molecule has 0 aliphatic heterocycles. The summed E-state index contributed by atoms with van der Waals surface area (Å²) in [5.74, 6) is 1.55. The summed E-state index contributed by atoms with van der Waals surface area (Å²) in [6, 6.07) is 3.40. The molecule has 1 N–H and O–H groups in total. The molecule has 0 unspecified atom stereocenters. The molecule has 4 heteroatoms. The molecular weight excluding hydrogens is 250 g/mol. The van der Waals surface area contributed by atoms with Crippen LogP contribution in [0.15, 0.2) is 29.6 Å². The predicted molar refractivity (Wildman–Crippen MR) is 78.4 cm³/mol. The van der Waals surface area contributed by atoms with Gasteiger partial charge in [-0.2, -0.15) is 5.10 Å². The van der Waals surface area contributed by atoms with Crippen LogP contribution in [0, 0.1) is 11.8 Å². The van der Waals surface area contributed by atoms with Crippen molar-refractivity contribution in [2.45, 2.75) is 44.9 Å². The van der Waals surface area contributed by atoms with E-state index in [4.69, 9.17) is 0 Å². The Kier molecular flexibility index (Phi) is 4.09. The van der Waals surface area contributed by atoms with Crippen LogP contribution < -0.4 is 5.43 Å². The third-order valence-corrected chi connectivity index (χ3v) is 4.63. The van der Waals surface area contributed by atoms with Gasteiger partial charge in [-0.3, -0.25) is 9.78 Å². The number of aromatic nitrogens is 1. The lowest BCUT2D eigenvalue weighted by molar-refractivity contribution is 0.0954. The smallest absolute Gasteiger partial charge is 0.267 e. The van der Waals surface area contributed by atoms with Gasteiger partial charge in [0.05, 0.1) is 0 Å². The lowest BCUT2D eigenvalue weighted by Crippen LogP contribution is -2.29. The number of nitrogens with zero attached hydrogens (tertiary/aromatic N) is 2. The normalized spacial score (nSPS) is 27.9. The molecule has 20 heavy (non-hydrogen) atoms. The van der Waals surface area contributed by atoms with E-state index in [9.17, 15) is 4.79 Å². The summed E-state index contributed by atoms with van der Waals surface area (Å²) in [6.45, 7) is 0. The van der Waals surface area contributed by atoms with Crippen molar-refractivity contribution in [2.75, 3.05) is 0 Å². The molecule has 4 nitrogen and oxygen atoms in total. The van der Waals surface area contributed by atoms with Gasteiger partial charge < -0.3 is 0 Å². The lowest BCUT2D eigenvalue weighted by Gasteiger charge is -2.35. The number of hydrazone groups is 1. The first-order chi connectivity index (χ1) is 9.83. The molecule has 0 radical (unpaired) electrons. The second-order valence-corrected chi connectivity index (χ2v) is 5.90. The quantitative estimate of drug-likeness (QED) is 0.840. The molecule has 2 aliphatic carbocycles. The minimum atomic E-state index is -0.148. The molecule has 2 saturated carbocycles. The molecule has 106 valence electrons. The minimum Gasteiger partial charge on any atom is -0.267 e. The monoisotopic (exact) mass is 271 g/mol. The van der Waals surface area contributed by atoms with Crippen molar-refractivity contribution in [1.82, 2.24) is 10.4 Å². The Hall–Kier alpha value is -1.71. The van der Waals surface area contributed by atoms with Crippen molar-refractivity contribution in [3.05, 3.63) is 30.1 Å². The van der Waals surface area contributed by atoms with Crippen LogP contribution in [-0.4, -0.2) is 16.6 Å². The number of carbonyl (C=O) groups excluding carboxylic acids is 1. The first-order valence-electron chi connectivity index (χ1n) is 7.59. The van der Waals surface area contributed by atoms with Gasteiger partial charge in [0.2, 0.25) is 0 Å². The van der Waals surface area contributed by atoms with E-state index in [0.29, 0.717) is 5.56 Å². The Morgan fingerprint density at radius 3 is 2.70 bits per heavy atom. The van der Waals surface area contributed by atoms with Crippen LogP contribution in [0.4, 0.5) is 0 Å². The number of carbonyl (C=O) groups is 1. The van der Waals surface area contributed by atoms with Crippen LogP contribution in [0.5, 0.6) is 0 Å². The highest BCUT2D eigenvalue weighted by atomic mass is 16.2. The Labute approximate surface area is 119 Å². The second kappa shape index (κ2) is 6.16. The molecule has 0 aromatic carbocycles. The van der Waals surface area contributed by atoms with Gasteiger partial charge >= 0.3 is 0 Å². The van der Waals surface area contributed by atoms with E-state index < -0.39 is 0 Å². The SMILES string of the molecule is O=C(N/N=C1/CC[C@@H]2CCCC[C@H]2C1)c1ccncc1. The van der Waals surface area contributed by atoms with Crippen LogP contribution in [-0.2, 0) is 0 Å². The summed E-state index contributed by atoms with van der Waals surface area (Å²) in [7, 11) is 0. The molecule has 1 amide bonds. The molecule has 0 saturated heterocycles. The highest BCUT2D eigenvalue weighted by molar-refractivity contribution is 5.95. The standard InChI is InChI=1S/C16H21N3O/c20-16(13-7-9-17-10-8-13)19-18-15-6-5-12-3-1-2-4-14(12)11-15/h7-10,12,14H,1-6,11H2,(H,19,20)/b18-15-/t12-,14-/m0/s1. The molecule has 2 atom stereocenters. The Balaban J connectivity index is 1.58. The van der Waals surface area contributed by atoms with Gasteiger partial charge in [0, 0.05) is 23.7 Å². The first-order valence-corrected chi connectivity index (χ1v) is 7.59. The summed E-state index contributed by atoms with van der Waals surface area (Å²) in [5, 5.41) is 4.35. The lowest BCUT2D eigenvalue weighted by atomic mass is 9.70. The summed E-state index contributed by atoms with van der Waals surface area (Å²) >= 11 is 0. The average Bonchev–Trinajstić information content (AvgIpc) is 2.53. The minimum absolute atomic E-state index is 0.148. The van der Waals surface area contributed by atoms with E-state index in [0.717, 1.165) is 30.4 Å². The number of amides is 1. The van der Waals surface area contributed by atoms with E-state index >= 15 is 0 Å². The zero-order valence-electron chi connectivity index (χ0n) is 11.7. The van der Waals surface area contributed by atoms with Crippen molar-refractivity contribution in [1.29, 1.82) is 0 Å². The molecular formula is C16H21N3O. The van der Waals surface area contributed by atoms with Gasteiger partial charge in [0.1, 0.15) is 0 Å². The number of hydrogen-bond acceptors (Lipinski definition) is 3. The fourth-order valence-corrected chi connectivity index (χ4v) is 3.49. The molecule has 2 fully saturated rings. The van der Waals surface area contributed by atoms with E-state index in [1.165, 1.54) is 32.1 Å². The van der Waals surface area contributed by atoms with Gasteiger partial charge in [-0.15, -0.1) is 0 Å². The highest BCUT2D eigenvalue weighted by Gasteiger charge is 2.30. The van der Waals surface area contributed by atoms with E-state index in [1.807, 2.05) is 0 Å². The number of fused-ring (bicyclic) bond motifs is 1. The van der Waals surface area contributed by atoms with Crippen molar-refractivity contribution >= 4 is 11.6 Å². The zero-order valence-corrected chi connectivity index (χ0v) is 11.7. The van der Waals surface area contributed by atoms with Crippen LogP contribution in [0.3, 0.4) is 0 Å². The third kappa shape index (κ3) is 3.06. The fourth-order valence-electron chi connectivity index (χ4n) is 3.49. The predicted octanol–water partition coefficient (Wildman–Crippen LogP) is 3.16. The highest BCUT2D eigenvalue weighted by Crippen LogP contribution is 2.39. The molecule has 0 bridgehead atoms. The number of hydrogen-bond donors (Lipinski definition) is 1. The van der Waals surface area contributed by atoms with Crippen molar-refractivity contribution in [3.8, 4) is 0 Å². The van der Waals surface area contributed by atoms with Crippen LogP contribution in [0.2, 0.25) is 0 Å². The van der Waals surface area contributed by atoms with Gasteiger partial charge in [-0.1, -0.05) is 19.3 Å². The summed E-state index contributed by atoms with van der Waals surface area (Å²) in [6.07, 6.45) is 12.1. The summed E-state index contributed by atoms with van der Waals surface area (Å²) in [4.78, 5) is 15.8. The van der Waals surface area contributed by atoms with Gasteiger partial charge in [-0.25, -0.2) is 5.43 Å². The average molecular weight is 271 g/mol. The Bertz CT molecular complexity index is 498. The maximum atomic E-state index is 11.9. The molecule has 2 aliphatic rings. The second-order valence-electron chi connectivity index (χ2n) is 5.90. The van der Waals surface area contributed by atoms with Crippen molar-refractivity contribution in [2.24, 2.45) is 16.9 Å². The fraction of sp³-hybridized carbons (Fsp3) is 0.562. The molecule has 1 aromatic rings. The maximum Gasteiger partial charge on any atom is 0.271 e. The Morgan fingerprint density at radius 1 is 1.15 bits per heavy atom. The maximum absolute atomic E-state index is 11.9. The van der Waals surface area contributed by atoms with Gasteiger partial charge in [-0.05, 0) is 49.7 Å². The molecule has 1 heterocycles. The van der Waals surface area contributed by atoms with Gasteiger partial charge in [0.15, 0.2) is 0 Å². The largest absolute Gasteiger partial charge is 0.271 e. The van der Waals surface area contributed by atoms with Crippen LogP contribution >= 0.6 is 0 Å². The number of pyridine rings is 1. The molecule has 1 aromatic heterocycles. The summed E-state index contributed by atoms with van der Waals surface area (Å²) in [5.41, 5.74) is 4.46. The van der Waals surface area contributed by atoms with Crippen molar-refractivity contribution in [3.63, 3.8) is 0 Å². The summed E-state index contributed by atoms with van der Waals surface area (Å²) < 4.78 is 0. The molecule has 3 rings (SSSR count). The first kappa shape index (κ1) is 13.3. The topological polar surface area (TPSA) is 54.4 Å². The molecule has 0 spiro atoms. The van der Waals surface area contributed by atoms with E-state index in [2.05, 4.69) is 15.5 Å². The third-order valence-electron chi connectivity index (χ3n) is 4.63. The number of nitrogens with one attached hydrogen (secondary N) is 1. The van der Waals surface area contributed by atoms with E-state index in [-0.39, 0.29) is 5.91 Å².